The van der Waals surface area contributed by atoms with Gasteiger partial charge in [-0.25, -0.2) is 0 Å². The van der Waals surface area contributed by atoms with Gasteiger partial charge in [-0.15, -0.1) is 0 Å². The van der Waals surface area contributed by atoms with Gasteiger partial charge in [0.25, 0.3) is 0 Å². The molecule has 2 N–H and O–H groups in total. The first-order valence-corrected chi connectivity index (χ1v) is 3.82. The molecule has 0 spiro atoms. The Morgan fingerprint density at radius 1 is 1.45 bits per heavy atom. The molecule has 0 rings (SSSR count). The van der Waals surface area contributed by atoms with Crippen molar-refractivity contribution in [1.29, 1.82) is 0 Å². The van der Waals surface area contributed by atoms with Crippen LogP contribution < -0.4 is 0 Å². The van der Waals surface area contributed by atoms with Crippen molar-refractivity contribution in [3.8, 4) is 0 Å². The average molecular weight is 228 g/mol. The van der Waals surface area contributed by atoms with Gasteiger partial charge in [0.1, 0.15) is 12.2 Å². The minimum absolute atomic E-state index is 0.748. The van der Waals surface area contributed by atoms with Crippen LogP contribution in [0.5, 0.6) is 0 Å². The Bertz CT molecular complexity index is 151. The molecule has 0 aromatic carbocycles. The van der Waals surface area contributed by atoms with Gasteiger partial charge in [0.05, 0.1) is 0 Å². The highest BCUT2D eigenvalue weighted by atomic mass is 79.9. The minimum Gasteiger partial charge on any atom is -0.385 e. The highest BCUT2D eigenvalue weighted by molar-refractivity contribution is 9.10. The fourth-order valence-corrected chi connectivity index (χ4v) is 0.654. The van der Waals surface area contributed by atoms with E-state index in [9.17, 15) is 10.1 Å². The molecule has 0 unspecified atom stereocenters. The second-order valence-electron chi connectivity index (χ2n) is 2.34. The molecule has 0 fully saturated rings. The number of halogens is 1. The Kier molecular flexibility index (Phi) is 3.40. The third kappa shape index (κ3) is 1.88. The maximum absolute atomic E-state index is 10.3. The molecule has 11 heavy (non-hydrogen) atoms. The first-order chi connectivity index (χ1) is 4.83. The Labute approximate surface area is 72.3 Å². The van der Waals surface area contributed by atoms with Crippen molar-refractivity contribution < 1.29 is 15.1 Å². The summed E-state index contributed by atoms with van der Waals surface area (Å²) in [6.07, 6.45) is -2.50. The van der Waals surface area contributed by atoms with Crippen LogP contribution >= 0.6 is 15.9 Å². The summed E-state index contributed by atoms with van der Waals surface area (Å²) >= 11 is 2.68. The normalized spacial score (nSPS) is 17.5. The highest BCUT2D eigenvalue weighted by Crippen LogP contribution is 2.27. The third-order valence-electron chi connectivity index (χ3n) is 1.45. The van der Waals surface area contributed by atoms with Crippen LogP contribution in [0.2, 0.25) is 0 Å². The van der Waals surface area contributed by atoms with E-state index in [0.29, 0.717) is 0 Å². The van der Waals surface area contributed by atoms with Crippen LogP contribution in [-0.4, -0.2) is 31.8 Å². The van der Waals surface area contributed by atoms with Crippen LogP contribution in [0.15, 0.2) is 0 Å². The summed E-state index contributed by atoms with van der Waals surface area (Å²) in [5.41, 5.74) is 0. The molecule has 0 aliphatic carbocycles. The van der Waals surface area contributed by atoms with Gasteiger partial charge in [-0.05, 0) is 13.8 Å². The van der Waals surface area contributed by atoms with E-state index in [2.05, 4.69) is 15.9 Å². The van der Waals surface area contributed by atoms with Gasteiger partial charge in [0.2, 0.25) is 0 Å². The number of nitrogens with zero attached hydrogens (tertiary/aromatic N) is 1. The lowest BCUT2D eigenvalue weighted by molar-refractivity contribution is -0.558. The van der Waals surface area contributed by atoms with E-state index in [-0.39, 0.29) is 0 Å². The highest BCUT2D eigenvalue weighted by Gasteiger charge is 2.50. The van der Waals surface area contributed by atoms with Crippen molar-refractivity contribution in [1.82, 2.24) is 0 Å². The fraction of sp³-hybridized carbons (Fsp3) is 1.00. The molecular formula is C5H10BrNO4. The Morgan fingerprint density at radius 2 is 1.73 bits per heavy atom. The number of aliphatic hydroxyl groups is 2. The molecule has 0 bridgehead atoms. The number of hydrogen-bond donors (Lipinski definition) is 2. The molecule has 0 saturated heterocycles. The first-order valence-electron chi connectivity index (χ1n) is 3.03. The number of aliphatic hydroxyl groups excluding tert-OH is 2. The molecule has 0 aliphatic heterocycles. The smallest absolute Gasteiger partial charge is 0.324 e. The largest absolute Gasteiger partial charge is 0.385 e. The maximum atomic E-state index is 10.3. The van der Waals surface area contributed by atoms with Crippen LogP contribution in [0.3, 0.4) is 0 Å². The average Bonchev–Trinajstić information content (AvgIpc) is 1.84. The van der Waals surface area contributed by atoms with Crippen LogP contribution in [0.25, 0.3) is 0 Å². The van der Waals surface area contributed by atoms with Gasteiger partial charge in [0.15, 0.2) is 0 Å². The molecule has 0 heterocycles. The molecule has 0 aromatic rings. The summed E-state index contributed by atoms with van der Waals surface area (Å²) in [7, 11) is 0. The minimum atomic E-state index is -1.85. The van der Waals surface area contributed by atoms with Gasteiger partial charge >= 0.3 is 4.45 Å². The summed E-state index contributed by atoms with van der Waals surface area (Å²) < 4.78 is -1.85. The van der Waals surface area contributed by atoms with Crippen LogP contribution in [-0.2, 0) is 0 Å². The van der Waals surface area contributed by atoms with Gasteiger partial charge in [-0.1, -0.05) is 0 Å². The lowest BCUT2D eigenvalue weighted by Gasteiger charge is -2.23. The summed E-state index contributed by atoms with van der Waals surface area (Å²) in [5, 5.41) is 28.3. The summed E-state index contributed by atoms with van der Waals surface area (Å²) in [6, 6.07) is 0. The van der Waals surface area contributed by atoms with E-state index >= 15 is 0 Å². The zero-order valence-corrected chi connectivity index (χ0v) is 7.78. The molecule has 0 aliphatic rings. The van der Waals surface area contributed by atoms with E-state index in [0.717, 1.165) is 0 Å². The molecule has 0 radical (unpaired) electrons. The van der Waals surface area contributed by atoms with Crippen molar-refractivity contribution in [3.63, 3.8) is 0 Å². The quantitative estimate of drug-likeness (QED) is 0.311. The molecule has 5 nitrogen and oxygen atoms in total. The Balaban J connectivity index is 4.67. The lowest BCUT2D eigenvalue weighted by Crippen LogP contribution is -2.50. The molecule has 0 amide bonds. The van der Waals surface area contributed by atoms with E-state index in [4.69, 9.17) is 10.2 Å². The Hall–Kier alpha value is -0.200. The van der Waals surface area contributed by atoms with Crippen molar-refractivity contribution in [2.75, 3.05) is 0 Å². The standard InChI is InChI=1S/C5H10BrNO4/c1-3(8)5(6,4(2)9)7(10)11/h3-4,8-9H,1-2H3/t3-,4-/m1/s1. The molecular weight excluding hydrogens is 218 g/mol. The number of alkyl halides is 1. The monoisotopic (exact) mass is 227 g/mol. The van der Waals surface area contributed by atoms with Gasteiger partial charge < -0.3 is 10.2 Å². The Morgan fingerprint density at radius 3 is 1.73 bits per heavy atom. The molecule has 6 heteroatoms. The maximum Gasteiger partial charge on any atom is 0.324 e. The number of hydrogen-bond acceptors (Lipinski definition) is 4. The zero-order valence-electron chi connectivity index (χ0n) is 6.19. The molecule has 2 atom stereocenters. The number of nitro groups is 1. The van der Waals surface area contributed by atoms with Gasteiger partial charge in [-0.2, -0.15) is 0 Å². The number of rotatable bonds is 3. The van der Waals surface area contributed by atoms with Crippen molar-refractivity contribution in [3.05, 3.63) is 10.1 Å². The fourth-order valence-electron chi connectivity index (χ4n) is 0.654. The summed E-state index contributed by atoms with van der Waals surface area (Å²) in [6.45, 7) is 2.48. The predicted molar refractivity (Wildman–Crippen MR) is 42.0 cm³/mol. The van der Waals surface area contributed by atoms with E-state index in [1.54, 1.807) is 0 Å². The first kappa shape index (κ1) is 10.8. The summed E-state index contributed by atoms with van der Waals surface area (Å²) in [5.74, 6) is 0. The second-order valence-corrected chi connectivity index (χ2v) is 3.61. The molecule has 0 saturated carbocycles. The zero-order chi connectivity index (χ0) is 9.23. The SMILES string of the molecule is C[C@@H](O)C(Br)([C@@H](C)O)[N+](=O)[O-]. The van der Waals surface area contributed by atoms with Crippen LogP contribution in [0.1, 0.15) is 13.8 Å². The summed E-state index contributed by atoms with van der Waals surface area (Å²) in [4.78, 5) is 9.60. The van der Waals surface area contributed by atoms with E-state index in [1.165, 1.54) is 13.8 Å². The van der Waals surface area contributed by atoms with E-state index < -0.39 is 21.6 Å². The van der Waals surface area contributed by atoms with Gasteiger partial charge in [0, 0.05) is 20.9 Å². The van der Waals surface area contributed by atoms with Gasteiger partial charge in [-0.3, -0.25) is 10.1 Å². The van der Waals surface area contributed by atoms with Crippen molar-refractivity contribution in [2.45, 2.75) is 30.5 Å². The van der Waals surface area contributed by atoms with Crippen molar-refractivity contribution >= 4 is 15.9 Å². The molecule has 0 aromatic heterocycles. The predicted octanol–water partition coefficient (Wildman–Crippen LogP) is 0.116. The van der Waals surface area contributed by atoms with E-state index in [1.807, 2.05) is 0 Å². The second kappa shape index (κ2) is 3.46. The van der Waals surface area contributed by atoms with Crippen molar-refractivity contribution in [2.24, 2.45) is 0 Å². The molecule has 66 valence electrons. The third-order valence-corrected chi connectivity index (χ3v) is 3.07. The topological polar surface area (TPSA) is 83.6 Å². The van der Waals surface area contributed by atoms with Crippen LogP contribution in [0, 0.1) is 10.1 Å². The lowest BCUT2D eigenvalue weighted by atomic mass is 10.1. The van der Waals surface area contributed by atoms with Crippen LogP contribution in [0.4, 0.5) is 0 Å².